The summed E-state index contributed by atoms with van der Waals surface area (Å²) in [7, 11) is 1.39. The summed E-state index contributed by atoms with van der Waals surface area (Å²) in [5.41, 5.74) is 2.17. The van der Waals surface area contributed by atoms with E-state index in [4.69, 9.17) is 9.47 Å². The fraction of sp³-hybridized carbons (Fsp3) is 0.710. The Hall–Kier alpha value is -2.45. The van der Waals surface area contributed by atoms with Crippen molar-refractivity contribution in [1.29, 1.82) is 0 Å². The molecule has 2 heterocycles. The average Bonchev–Trinajstić information content (AvgIpc) is 3.57. The molecular weight excluding hydrogens is 496 g/mol. The number of aryl methyl sites for hydroxylation is 1. The summed E-state index contributed by atoms with van der Waals surface area (Å²) < 4.78 is 11.0. The zero-order valence-corrected chi connectivity index (χ0v) is 23.4. The van der Waals surface area contributed by atoms with Crippen LogP contribution in [0.1, 0.15) is 81.8 Å². The first-order valence-electron chi connectivity index (χ1n) is 15.0. The number of unbranched alkanes of at least 4 members (excludes halogenated alkanes) is 1. The van der Waals surface area contributed by atoms with E-state index in [1.807, 2.05) is 24.3 Å². The van der Waals surface area contributed by atoms with Crippen LogP contribution in [0.5, 0.6) is 0 Å². The number of fused-ring (bicyclic) bond motifs is 2. The normalized spacial score (nSPS) is 25.3. The monoisotopic (exact) mass is 542 g/mol. The van der Waals surface area contributed by atoms with Crippen LogP contribution in [0.2, 0.25) is 0 Å². The number of hydrogen-bond acceptors (Lipinski definition) is 6. The van der Waals surface area contributed by atoms with Gasteiger partial charge in [0, 0.05) is 18.9 Å². The molecule has 8 nitrogen and oxygen atoms in total. The van der Waals surface area contributed by atoms with E-state index in [9.17, 15) is 19.5 Å². The molecule has 0 unspecified atom stereocenters. The number of carbonyl (C=O) groups is 3. The van der Waals surface area contributed by atoms with E-state index >= 15 is 0 Å². The van der Waals surface area contributed by atoms with E-state index in [-0.39, 0.29) is 41.8 Å². The van der Waals surface area contributed by atoms with Crippen molar-refractivity contribution in [1.82, 2.24) is 10.6 Å². The maximum Gasteiger partial charge on any atom is 0.305 e. The topological polar surface area (TPSA) is 114 Å². The van der Waals surface area contributed by atoms with Gasteiger partial charge in [-0.15, -0.1) is 0 Å². The number of hydrogen-bond donors (Lipinski definition) is 3. The van der Waals surface area contributed by atoms with E-state index < -0.39 is 12.6 Å². The second-order valence-corrected chi connectivity index (χ2v) is 11.6. The second-order valence-electron chi connectivity index (χ2n) is 11.6. The van der Waals surface area contributed by atoms with Crippen LogP contribution in [0, 0.1) is 17.8 Å². The molecule has 1 saturated carbocycles. The van der Waals surface area contributed by atoms with Crippen molar-refractivity contribution in [2.24, 2.45) is 17.8 Å². The summed E-state index contributed by atoms with van der Waals surface area (Å²) in [6, 6.07) is 7.02. The molecule has 1 aromatic carbocycles. The van der Waals surface area contributed by atoms with Gasteiger partial charge in [0.05, 0.1) is 31.8 Å². The predicted octanol–water partition coefficient (Wildman–Crippen LogP) is 3.47. The number of aliphatic hydroxyl groups excluding tert-OH is 1. The number of benzene rings is 1. The third-order valence-corrected chi connectivity index (χ3v) is 9.01. The van der Waals surface area contributed by atoms with Crippen LogP contribution in [0.4, 0.5) is 0 Å². The lowest BCUT2D eigenvalue weighted by Crippen LogP contribution is -2.53. The summed E-state index contributed by atoms with van der Waals surface area (Å²) in [5.74, 6) is -0.387. The molecule has 1 aromatic rings. The van der Waals surface area contributed by atoms with Gasteiger partial charge in [0.25, 0.3) is 0 Å². The number of rotatable bonds is 14. The van der Waals surface area contributed by atoms with Crippen molar-refractivity contribution in [3.63, 3.8) is 0 Å². The highest BCUT2D eigenvalue weighted by atomic mass is 16.5. The lowest BCUT2D eigenvalue weighted by atomic mass is 9.75. The predicted molar refractivity (Wildman–Crippen MR) is 148 cm³/mol. The van der Waals surface area contributed by atoms with Crippen LogP contribution in [0.15, 0.2) is 24.3 Å². The molecule has 216 valence electrons. The van der Waals surface area contributed by atoms with Gasteiger partial charge in [0.2, 0.25) is 11.8 Å². The minimum absolute atomic E-state index is 0.00928. The van der Waals surface area contributed by atoms with Crippen LogP contribution in [0.3, 0.4) is 0 Å². The van der Waals surface area contributed by atoms with Crippen LogP contribution >= 0.6 is 0 Å². The Bertz CT molecular complexity index is 962. The van der Waals surface area contributed by atoms with Gasteiger partial charge in [0.15, 0.2) is 0 Å². The largest absolute Gasteiger partial charge is 0.469 e. The van der Waals surface area contributed by atoms with E-state index in [0.717, 1.165) is 42.7 Å². The Kier molecular flexibility index (Phi) is 11.2. The molecule has 2 bridgehead atoms. The number of esters is 1. The fourth-order valence-electron chi connectivity index (χ4n) is 6.82. The summed E-state index contributed by atoms with van der Waals surface area (Å²) in [6.07, 6.45) is 13.0. The molecule has 3 fully saturated rings. The molecule has 39 heavy (non-hydrogen) atoms. The molecule has 2 aliphatic heterocycles. The second kappa shape index (κ2) is 14.8. The van der Waals surface area contributed by atoms with Crippen molar-refractivity contribution in [3.8, 4) is 0 Å². The molecular formula is C31H46N2O6. The molecule has 5 atom stereocenters. The molecule has 3 N–H and O–H groups in total. The third-order valence-electron chi connectivity index (χ3n) is 9.01. The van der Waals surface area contributed by atoms with E-state index in [2.05, 4.69) is 10.6 Å². The highest BCUT2D eigenvalue weighted by Crippen LogP contribution is 2.45. The van der Waals surface area contributed by atoms with E-state index in [0.29, 0.717) is 25.8 Å². The van der Waals surface area contributed by atoms with Crippen LogP contribution in [-0.2, 0) is 36.7 Å². The molecule has 2 amide bonds. The van der Waals surface area contributed by atoms with Crippen molar-refractivity contribution in [2.75, 3.05) is 20.3 Å². The number of carbonyl (C=O) groups excluding carboxylic acids is 3. The maximum atomic E-state index is 13.5. The van der Waals surface area contributed by atoms with Gasteiger partial charge in [-0.05, 0) is 49.1 Å². The van der Waals surface area contributed by atoms with E-state index in [1.54, 1.807) is 0 Å². The Morgan fingerprint density at radius 2 is 1.77 bits per heavy atom. The minimum atomic E-state index is -0.969. The lowest BCUT2D eigenvalue weighted by Gasteiger charge is -2.29. The summed E-state index contributed by atoms with van der Waals surface area (Å²) >= 11 is 0. The Morgan fingerprint density at radius 3 is 2.51 bits per heavy atom. The summed E-state index contributed by atoms with van der Waals surface area (Å²) in [5, 5.41) is 15.6. The zero-order valence-electron chi connectivity index (χ0n) is 23.4. The lowest BCUT2D eigenvalue weighted by molar-refractivity contribution is -0.140. The van der Waals surface area contributed by atoms with Crippen molar-refractivity contribution >= 4 is 17.8 Å². The van der Waals surface area contributed by atoms with Gasteiger partial charge in [-0.2, -0.15) is 0 Å². The Balaban J connectivity index is 1.29. The molecule has 0 spiro atoms. The number of ether oxygens (including phenoxy) is 2. The first-order chi connectivity index (χ1) is 19.0. The SMILES string of the molecule is COC(=O)CCc1ccccc1C[C@@H]1[C@H](C(=O)N[C@@H](CO)C(=O)NCCCCC2CCCCC2)[C@H]2CC[C@@H]1O2. The van der Waals surface area contributed by atoms with Gasteiger partial charge >= 0.3 is 5.97 Å². The number of nitrogens with one attached hydrogen (secondary N) is 2. The Labute approximate surface area is 232 Å². The molecule has 2 saturated heterocycles. The number of aliphatic hydroxyl groups is 1. The molecule has 0 aromatic heterocycles. The first kappa shape index (κ1) is 29.5. The zero-order chi connectivity index (χ0) is 27.6. The number of methoxy groups -OCH3 is 1. The highest BCUT2D eigenvalue weighted by Gasteiger charge is 2.52. The van der Waals surface area contributed by atoms with Crippen LogP contribution < -0.4 is 10.6 Å². The first-order valence-corrected chi connectivity index (χ1v) is 15.0. The average molecular weight is 543 g/mol. The standard InChI is InChI=1S/C31H46N2O6/c1-38-28(35)17-14-22-12-5-6-13-23(22)19-24-26-15-16-27(39-26)29(24)31(37)33-25(20-34)30(36)32-18-8-7-11-21-9-3-2-4-10-21/h5-6,12-13,21,24-27,29,34H,2-4,7-11,14-20H2,1H3,(H,32,36)(H,33,37)/t24-,25-,26-,27+,29-/m0/s1. The van der Waals surface area contributed by atoms with Gasteiger partial charge in [-0.3, -0.25) is 14.4 Å². The highest BCUT2D eigenvalue weighted by molar-refractivity contribution is 5.89. The smallest absolute Gasteiger partial charge is 0.305 e. The molecule has 8 heteroatoms. The van der Waals surface area contributed by atoms with Gasteiger partial charge in [0.1, 0.15) is 6.04 Å². The Morgan fingerprint density at radius 1 is 1.03 bits per heavy atom. The van der Waals surface area contributed by atoms with Crippen molar-refractivity contribution in [2.45, 2.75) is 102 Å². The maximum absolute atomic E-state index is 13.5. The van der Waals surface area contributed by atoms with Crippen LogP contribution in [-0.4, -0.2) is 61.4 Å². The van der Waals surface area contributed by atoms with Gasteiger partial charge in [-0.1, -0.05) is 69.2 Å². The fourth-order valence-corrected chi connectivity index (χ4v) is 6.82. The van der Waals surface area contributed by atoms with Crippen molar-refractivity contribution in [3.05, 3.63) is 35.4 Å². The summed E-state index contributed by atoms with van der Waals surface area (Å²) in [6.45, 7) is 0.114. The van der Waals surface area contributed by atoms with E-state index in [1.165, 1.54) is 45.6 Å². The van der Waals surface area contributed by atoms with Crippen LogP contribution in [0.25, 0.3) is 0 Å². The van der Waals surface area contributed by atoms with Gasteiger partial charge < -0.3 is 25.2 Å². The molecule has 0 radical (unpaired) electrons. The quantitative estimate of drug-likeness (QED) is 0.245. The molecule has 3 aliphatic rings. The minimum Gasteiger partial charge on any atom is -0.469 e. The third kappa shape index (κ3) is 8.04. The molecule has 4 rings (SSSR count). The molecule has 1 aliphatic carbocycles. The summed E-state index contributed by atoms with van der Waals surface area (Å²) in [4.78, 5) is 37.9. The van der Waals surface area contributed by atoms with Gasteiger partial charge in [-0.25, -0.2) is 0 Å². The number of amides is 2. The van der Waals surface area contributed by atoms with Crippen molar-refractivity contribution < 1.29 is 29.0 Å².